The van der Waals surface area contributed by atoms with Gasteiger partial charge in [0, 0.05) is 36.2 Å². The predicted octanol–water partition coefficient (Wildman–Crippen LogP) is 3.94. The number of ether oxygens (including phenoxy) is 1. The Balaban J connectivity index is 1.35. The third kappa shape index (κ3) is 6.73. The molecule has 0 saturated heterocycles. The number of nitrogens with one attached hydrogen (secondary N) is 2. The number of hydrogen-bond donors (Lipinski definition) is 3. The Kier molecular flexibility index (Phi) is 8.18. The molecule has 0 radical (unpaired) electrons. The number of carboxylic acid groups (broad SMARTS) is 1. The Morgan fingerprint density at radius 2 is 1.81 bits per heavy atom. The van der Waals surface area contributed by atoms with Gasteiger partial charge in [-0.2, -0.15) is 0 Å². The van der Waals surface area contributed by atoms with Crippen molar-refractivity contribution in [2.75, 3.05) is 25.0 Å². The van der Waals surface area contributed by atoms with Crippen LogP contribution in [0.15, 0.2) is 65.8 Å². The molecule has 1 aliphatic heterocycles. The molecule has 1 aliphatic rings. The second-order valence-electron chi connectivity index (χ2n) is 9.46. The van der Waals surface area contributed by atoms with Gasteiger partial charge in [-0.15, -0.1) is 0 Å². The van der Waals surface area contributed by atoms with E-state index in [2.05, 4.69) is 20.6 Å². The summed E-state index contributed by atoms with van der Waals surface area (Å²) in [6.45, 7) is 7.59. The second-order valence-corrected chi connectivity index (χ2v) is 9.46. The van der Waals surface area contributed by atoms with Crippen molar-refractivity contribution in [3.05, 3.63) is 94.2 Å². The first-order chi connectivity index (χ1) is 17.8. The molecule has 3 aromatic rings. The summed E-state index contributed by atoms with van der Waals surface area (Å²) in [6.07, 6.45) is 1.91. The summed E-state index contributed by atoms with van der Waals surface area (Å²) in [5.74, 6) is 0.189. The number of pyridine rings is 1. The van der Waals surface area contributed by atoms with Crippen LogP contribution in [0.4, 0.5) is 5.82 Å². The number of aliphatic carboxylic acids is 1. The minimum absolute atomic E-state index is 0.167. The van der Waals surface area contributed by atoms with E-state index in [4.69, 9.17) is 4.74 Å². The Hall–Kier alpha value is -4.20. The van der Waals surface area contributed by atoms with E-state index in [0.29, 0.717) is 24.6 Å². The molecule has 3 N–H and O–H groups in total. The number of rotatable bonds is 9. The molecule has 8 heteroatoms. The van der Waals surface area contributed by atoms with Gasteiger partial charge in [0.1, 0.15) is 11.9 Å². The fourth-order valence-electron chi connectivity index (χ4n) is 4.51. The summed E-state index contributed by atoms with van der Waals surface area (Å²) in [5, 5.41) is 15.7. The van der Waals surface area contributed by atoms with Crippen LogP contribution in [0.3, 0.4) is 0 Å². The Morgan fingerprint density at radius 1 is 1.08 bits per heavy atom. The molecule has 1 amide bonds. The Morgan fingerprint density at radius 3 is 2.41 bits per heavy atom. The molecule has 2 unspecified atom stereocenters. The molecule has 2 aromatic carbocycles. The number of nitrogens with zero attached hydrogens (tertiary/aromatic N) is 2. The lowest BCUT2D eigenvalue weighted by molar-refractivity contribution is -0.139. The van der Waals surface area contributed by atoms with Gasteiger partial charge in [-0.05, 0) is 61.7 Å². The van der Waals surface area contributed by atoms with Gasteiger partial charge in [0.05, 0.1) is 13.2 Å². The number of amides is 1. The summed E-state index contributed by atoms with van der Waals surface area (Å²) in [7, 11) is 0. The zero-order valence-corrected chi connectivity index (χ0v) is 21.3. The first kappa shape index (κ1) is 25.9. The highest BCUT2D eigenvalue weighted by Gasteiger charge is 2.24. The van der Waals surface area contributed by atoms with Crippen molar-refractivity contribution in [1.29, 1.82) is 0 Å². The molecule has 2 heterocycles. The van der Waals surface area contributed by atoms with E-state index in [1.165, 1.54) is 0 Å². The van der Waals surface area contributed by atoms with Crippen LogP contribution in [0.25, 0.3) is 0 Å². The van der Waals surface area contributed by atoms with E-state index in [1.54, 1.807) is 6.20 Å². The van der Waals surface area contributed by atoms with Gasteiger partial charge in [0.2, 0.25) is 5.90 Å². The highest BCUT2D eigenvalue weighted by molar-refractivity contribution is 5.99. The maximum atomic E-state index is 12.9. The molecule has 4 rings (SSSR count). The van der Waals surface area contributed by atoms with Crippen molar-refractivity contribution in [3.8, 4) is 0 Å². The Bertz CT molecular complexity index is 1270. The largest absolute Gasteiger partial charge is 0.480 e. The number of aromatic nitrogens is 1. The van der Waals surface area contributed by atoms with E-state index >= 15 is 0 Å². The highest BCUT2D eigenvalue weighted by Crippen LogP contribution is 2.18. The first-order valence-corrected chi connectivity index (χ1v) is 12.3. The lowest BCUT2D eigenvalue weighted by Crippen LogP contribution is -2.42. The Labute approximate surface area is 216 Å². The normalized spacial score (nSPS) is 15.8. The van der Waals surface area contributed by atoms with Crippen molar-refractivity contribution in [1.82, 2.24) is 10.3 Å². The van der Waals surface area contributed by atoms with E-state index in [1.807, 2.05) is 75.4 Å². The zero-order chi connectivity index (χ0) is 26.4. The molecule has 0 aliphatic carbocycles. The fourth-order valence-corrected chi connectivity index (χ4v) is 4.51. The number of carbonyl (C=O) groups is 2. The van der Waals surface area contributed by atoms with Gasteiger partial charge < -0.3 is 20.5 Å². The van der Waals surface area contributed by atoms with Crippen molar-refractivity contribution in [2.24, 2.45) is 10.9 Å². The summed E-state index contributed by atoms with van der Waals surface area (Å²) in [4.78, 5) is 33.7. The SMILES string of the molecule is Cc1cc(C)c(C(=O)NC(Cc2ccc(C3=NCC(CNc4ccccn4)CO3)cc2)C(=O)O)c(C)c1. The van der Waals surface area contributed by atoms with E-state index < -0.39 is 12.0 Å². The van der Waals surface area contributed by atoms with E-state index in [0.717, 1.165) is 40.2 Å². The number of aryl methyl sites for hydroxylation is 3. The summed E-state index contributed by atoms with van der Waals surface area (Å²) >= 11 is 0. The number of benzene rings is 2. The molecule has 0 fully saturated rings. The number of anilines is 1. The van der Waals surface area contributed by atoms with Crippen molar-refractivity contribution in [3.63, 3.8) is 0 Å². The molecular weight excluding hydrogens is 468 g/mol. The van der Waals surface area contributed by atoms with Crippen LogP contribution in [0.1, 0.15) is 38.2 Å². The van der Waals surface area contributed by atoms with Crippen LogP contribution in [-0.2, 0) is 16.0 Å². The van der Waals surface area contributed by atoms with Crippen LogP contribution in [0, 0.1) is 26.7 Å². The third-order valence-electron chi connectivity index (χ3n) is 6.33. The number of hydrogen-bond acceptors (Lipinski definition) is 6. The maximum Gasteiger partial charge on any atom is 0.326 e. The number of carbonyl (C=O) groups excluding carboxylic acids is 1. The number of aliphatic imine (C=N–C) groups is 1. The minimum atomic E-state index is -1.08. The second kappa shape index (κ2) is 11.7. The zero-order valence-electron chi connectivity index (χ0n) is 21.3. The van der Waals surface area contributed by atoms with Crippen molar-refractivity contribution >= 4 is 23.6 Å². The average Bonchev–Trinajstić information content (AvgIpc) is 2.88. The average molecular weight is 501 g/mol. The maximum absolute atomic E-state index is 12.9. The smallest absolute Gasteiger partial charge is 0.326 e. The quantitative estimate of drug-likeness (QED) is 0.410. The molecule has 0 spiro atoms. The van der Waals surface area contributed by atoms with Crippen LogP contribution < -0.4 is 10.6 Å². The van der Waals surface area contributed by atoms with Gasteiger partial charge >= 0.3 is 5.97 Å². The van der Waals surface area contributed by atoms with Crippen LogP contribution >= 0.6 is 0 Å². The summed E-state index contributed by atoms with van der Waals surface area (Å²) < 4.78 is 5.90. The van der Waals surface area contributed by atoms with Gasteiger partial charge in [-0.1, -0.05) is 35.9 Å². The monoisotopic (exact) mass is 500 g/mol. The lowest BCUT2D eigenvalue weighted by Gasteiger charge is -2.23. The molecule has 0 saturated carbocycles. The molecule has 1 aromatic heterocycles. The summed E-state index contributed by atoms with van der Waals surface area (Å²) in [5.41, 5.74) is 4.86. The fraction of sp³-hybridized carbons (Fsp3) is 0.310. The van der Waals surface area contributed by atoms with Gasteiger partial charge in [-0.25, -0.2) is 9.78 Å². The molecule has 37 heavy (non-hydrogen) atoms. The third-order valence-corrected chi connectivity index (χ3v) is 6.33. The van der Waals surface area contributed by atoms with Crippen molar-refractivity contribution < 1.29 is 19.4 Å². The molecule has 192 valence electrons. The predicted molar refractivity (Wildman–Crippen MR) is 143 cm³/mol. The van der Waals surface area contributed by atoms with Gasteiger partial charge in [0.25, 0.3) is 5.91 Å². The van der Waals surface area contributed by atoms with E-state index in [9.17, 15) is 14.7 Å². The molecule has 0 bridgehead atoms. The highest BCUT2D eigenvalue weighted by atomic mass is 16.5. The minimum Gasteiger partial charge on any atom is -0.480 e. The lowest BCUT2D eigenvalue weighted by atomic mass is 9.98. The molecular formula is C29H32N4O4. The van der Waals surface area contributed by atoms with Gasteiger partial charge in [0.15, 0.2) is 0 Å². The number of carboxylic acids is 1. The summed E-state index contributed by atoms with van der Waals surface area (Å²) in [6, 6.07) is 16.0. The topological polar surface area (TPSA) is 113 Å². The van der Waals surface area contributed by atoms with Crippen molar-refractivity contribution in [2.45, 2.75) is 33.2 Å². The first-order valence-electron chi connectivity index (χ1n) is 12.3. The molecule has 2 atom stereocenters. The standard InChI is InChI=1S/C29H32N4O4/c1-18-12-19(2)26(20(3)13-18)27(34)33-24(29(35)36)14-21-7-9-23(10-8-21)28-32-16-22(17-37-28)15-31-25-6-4-5-11-30-25/h4-13,22,24H,14-17H2,1-3H3,(H,30,31)(H,33,34)(H,35,36). The van der Waals surface area contributed by atoms with E-state index in [-0.39, 0.29) is 18.2 Å². The van der Waals surface area contributed by atoms with Crippen LogP contribution in [0.2, 0.25) is 0 Å². The van der Waals surface area contributed by atoms with Crippen LogP contribution in [-0.4, -0.2) is 53.6 Å². The van der Waals surface area contributed by atoms with Crippen LogP contribution in [0.5, 0.6) is 0 Å². The molecule has 8 nitrogen and oxygen atoms in total. The van der Waals surface area contributed by atoms with Gasteiger partial charge in [-0.3, -0.25) is 9.79 Å².